The number of hydrogen-bond acceptors (Lipinski definition) is 3. The highest BCUT2D eigenvalue weighted by Crippen LogP contribution is 2.28. The molecule has 0 aromatic heterocycles. The molecule has 19 heavy (non-hydrogen) atoms. The van der Waals surface area contributed by atoms with E-state index in [2.05, 4.69) is 5.32 Å². The average Bonchev–Trinajstić information content (AvgIpc) is 2.77. The second-order valence-corrected chi connectivity index (χ2v) is 7.49. The van der Waals surface area contributed by atoms with Gasteiger partial charge in [0, 0.05) is 23.1 Å². The Bertz CT molecular complexity index is 543. The van der Waals surface area contributed by atoms with Crippen molar-refractivity contribution < 1.29 is 8.42 Å². The molecule has 1 N–H and O–H groups in total. The van der Waals surface area contributed by atoms with Crippen molar-refractivity contribution in [3.05, 3.63) is 28.2 Å². The molecule has 1 heterocycles. The van der Waals surface area contributed by atoms with Gasteiger partial charge >= 0.3 is 0 Å². The molecule has 1 aliphatic rings. The van der Waals surface area contributed by atoms with E-state index < -0.39 is 10.0 Å². The van der Waals surface area contributed by atoms with Crippen LogP contribution in [0.15, 0.2) is 23.1 Å². The summed E-state index contributed by atoms with van der Waals surface area (Å²) in [6.07, 6.45) is 0.869. The third-order valence-electron chi connectivity index (χ3n) is 3.22. The largest absolute Gasteiger partial charge is 0.319 e. The van der Waals surface area contributed by atoms with Crippen LogP contribution < -0.4 is 5.32 Å². The van der Waals surface area contributed by atoms with E-state index in [9.17, 15) is 8.42 Å². The fourth-order valence-electron chi connectivity index (χ4n) is 2.30. The number of rotatable bonds is 4. The fourth-order valence-corrected chi connectivity index (χ4v) is 4.56. The van der Waals surface area contributed by atoms with Crippen LogP contribution in [-0.4, -0.2) is 39.4 Å². The van der Waals surface area contributed by atoms with Crippen LogP contribution in [0.2, 0.25) is 10.0 Å². The quantitative estimate of drug-likeness (QED) is 0.924. The van der Waals surface area contributed by atoms with Crippen LogP contribution >= 0.6 is 23.2 Å². The van der Waals surface area contributed by atoms with Gasteiger partial charge in [0.25, 0.3) is 0 Å². The van der Waals surface area contributed by atoms with Crippen molar-refractivity contribution in [3.8, 4) is 0 Å². The Labute approximate surface area is 123 Å². The van der Waals surface area contributed by atoms with Crippen molar-refractivity contribution >= 4 is 33.2 Å². The number of sulfonamides is 1. The van der Waals surface area contributed by atoms with Gasteiger partial charge < -0.3 is 5.32 Å². The molecule has 4 nitrogen and oxygen atoms in total. The van der Waals surface area contributed by atoms with E-state index in [-0.39, 0.29) is 4.90 Å². The summed E-state index contributed by atoms with van der Waals surface area (Å²) in [5.74, 6) is 0.356. The van der Waals surface area contributed by atoms with Gasteiger partial charge in [-0.05, 0) is 44.1 Å². The summed E-state index contributed by atoms with van der Waals surface area (Å²) in [6, 6.07) is 4.40. The summed E-state index contributed by atoms with van der Waals surface area (Å²) in [5, 5.41) is 3.74. The lowest BCUT2D eigenvalue weighted by atomic mass is 10.1. The lowest BCUT2D eigenvalue weighted by Gasteiger charge is -2.17. The summed E-state index contributed by atoms with van der Waals surface area (Å²) < 4.78 is 26.5. The predicted octanol–water partition coefficient (Wildman–Crippen LogP) is 2.22. The van der Waals surface area contributed by atoms with Crippen molar-refractivity contribution in [1.82, 2.24) is 9.62 Å². The van der Waals surface area contributed by atoms with Gasteiger partial charge in [-0.3, -0.25) is 0 Å². The molecule has 7 heteroatoms. The van der Waals surface area contributed by atoms with Gasteiger partial charge in [-0.25, -0.2) is 8.42 Å². The fraction of sp³-hybridized carbons (Fsp3) is 0.500. The first-order valence-corrected chi connectivity index (χ1v) is 8.24. The first kappa shape index (κ1) is 15.1. The molecule has 2 rings (SSSR count). The third kappa shape index (κ3) is 3.41. The van der Waals surface area contributed by atoms with Crippen molar-refractivity contribution in [2.45, 2.75) is 11.3 Å². The van der Waals surface area contributed by atoms with Gasteiger partial charge in [-0.1, -0.05) is 23.2 Å². The number of hydrogen-bond donors (Lipinski definition) is 1. The molecule has 0 radical (unpaired) electrons. The van der Waals surface area contributed by atoms with Crippen LogP contribution in [-0.2, 0) is 10.0 Å². The van der Waals surface area contributed by atoms with Gasteiger partial charge in [-0.2, -0.15) is 4.31 Å². The monoisotopic (exact) mass is 322 g/mol. The Kier molecular flexibility index (Phi) is 4.74. The minimum atomic E-state index is -3.50. The molecule has 1 atom stereocenters. The summed E-state index contributed by atoms with van der Waals surface area (Å²) in [6.45, 7) is 1.90. The number of nitrogens with zero attached hydrogens (tertiary/aromatic N) is 1. The average molecular weight is 323 g/mol. The zero-order valence-corrected chi connectivity index (χ0v) is 12.9. The van der Waals surface area contributed by atoms with Crippen LogP contribution in [0.1, 0.15) is 6.42 Å². The molecule has 0 spiro atoms. The van der Waals surface area contributed by atoms with Crippen molar-refractivity contribution in [2.24, 2.45) is 5.92 Å². The van der Waals surface area contributed by atoms with Gasteiger partial charge in [0.1, 0.15) is 0 Å². The van der Waals surface area contributed by atoms with Crippen LogP contribution in [0.3, 0.4) is 0 Å². The molecule has 1 aromatic carbocycles. The van der Waals surface area contributed by atoms with Crippen molar-refractivity contribution in [3.63, 3.8) is 0 Å². The van der Waals surface area contributed by atoms with Crippen LogP contribution in [0, 0.1) is 5.92 Å². The Morgan fingerprint density at radius 1 is 1.32 bits per heavy atom. The molecule has 0 saturated carbocycles. The van der Waals surface area contributed by atoms with E-state index in [1.165, 1.54) is 22.5 Å². The zero-order valence-electron chi connectivity index (χ0n) is 10.6. The van der Waals surface area contributed by atoms with Gasteiger partial charge in [0.2, 0.25) is 10.0 Å². The molecule has 1 saturated heterocycles. The molecule has 1 aliphatic heterocycles. The topological polar surface area (TPSA) is 49.4 Å². The van der Waals surface area contributed by atoms with E-state index in [0.717, 1.165) is 13.0 Å². The maximum absolute atomic E-state index is 12.5. The van der Waals surface area contributed by atoms with Crippen LogP contribution in [0.5, 0.6) is 0 Å². The van der Waals surface area contributed by atoms with Crippen LogP contribution in [0.25, 0.3) is 0 Å². The maximum atomic E-state index is 12.5. The number of benzene rings is 1. The highest BCUT2D eigenvalue weighted by atomic mass is 35.5. The lowest BCUT2D eigenvalue weighted by Crippen LogP contribution is -2.30. The Morgan fingerprint density at radius 2 is 1.95 bits per heavy atom. The molecule has 0 amide bonds. The second-order valence-electron chi connectivity index (χ2n) is 4.68. The van der Waals surface area contributed by atoms with Gasteiger partial charge in [0.15, 0.2) is 0 Å². The summed E-state index contributed by atoms with van der Waals surface area (Å²) in [5.41, 5.74) is 0. The van der Waals surface area contributed by atoms with E-state index in [0.29, 0.717) is 29.1 Å². The molecular weight excluding hydrogens is 307 g/mol. The SMILES string of the molecule is CNC[C@@H]1CCN(S(=O)(=O)c2cc(Cl)cc(Cl)c2)C1. The predicted molar refractivity (Wildman–Crippen MR) is 77.3 cm³/mol. The zero-order chi connectivity index (χ0) is 14.0. The van der Waals surface area contributed by atoms with Crippen molar-refractivity contribution in [2.75, 3.05) is 26.7 Å². The minimum Gasteiger partial charge on any atom is -0.319 e. The van der Waals surface area contributed by atoms with Gasteiger partial charge in [0.05, 0.1) is 4.90 Å². The minimum absolute atomic E-state index is 0.162. The lowest BCUT2D eigenvalue weighted by molar-refractivity contribution is 0.451. The third-order valence-corrected chi connectivity index (χ3v) is 5.49. The molecule has 0 bridgehead atoms. The molecule has 0 aliphatic carbocycles. The van der Waals surface area contributed by atoms with E-state index in [1.54, 1.807) is 0 Å². The first-order chi connectivity index (χ1) is 8.93. The Balaban J connectivity index is 2.23. The van der Waals surface area contributed by atoms with E-state index in [1.807, 2.05) is 7.05 Å². The highest BCUT2D eigenvalue weighted by molar-refractivity contribution is 7.89. The van der Waals surface area contributed by atoms with Gasteiger partial charge in [-0.15, -0.1) is 0 Å². The smallest absolute Gasteiger partial charge is 0.243 e. The van der Waals surface area contributed by atoms with Crippen LogP contribution in [0.4, 0.5) is 0 Å². The molecule has 0 unspecified atom stereocenters. The number of halogens is 2. The second kappa shape index (κ2) is 5.97. The summed E-state index contributed by atoms with van der Waals surface area (Å²) >= 11 is 11.7. The normalized spacial score (nSPS) is 20.9. The molecular formula is C12H16Cl2N2O2S. The maximum Gasteiger partial charge on any atom is 0.243 e. The molecule has 106 valence electrons. The molecule has 1 fully saturated rings. The summed E-state index contributed by atoms with van der Waals surface area (Å²) in [4.78, 5) is 0.162. The highest BCUT2D eigenvalue weighted by Gasteiger charge is 2.32. The standard InChI is InChI=1S/C12H16Cl2N2O2S/c1-15-7-9-2-3-16(8-9)19(17,18)12-5-10(13)4-11(14)6-12/h4-6,9,15H,2-3,7-8H2,1H3/t9-/m0/s1. The van der Waals surface area contributed by atoms with Crippen molar-refractivity contribution in [1.29, 1.82) is 0 Å². The Morgan fingerprint density at radius 3 is 2.53 bits per heavy atom. The van der Waals surface area contributed by atoms with E-state index >= 15 is 0 Å². The molecule has 1 aromatic rings. The Hall–Kier alpha value is -0.330. The number of nitrogens with one attached hydrogen (secondary N) is 1. The first-order valence-electron chi connectivity index (χ1n) is 6.04. The summed E-state index contributed by atoms with van der Waals surface area (Å²) in [7, 11) is -1.63. The van der Waals surface area contributed by atoms with E-state index in [4.69, 9.17) is 23.2 Å².